The summed E-state index contributed by atoms with van der Waals surface area (Å²) in [5.74, 6) is -0.0286. The highest BCUT2D eigenvalue weighted by atomic mass is 32.7. The molecular formula is C22H27FN10O9P2S3. The number of nitrogens with one attached hydrogen (secondary N) is 1. The fraction of sp³-hybridized carbons (Fsp3) is 0.545. The second-order valence-corrected chi connectivity index (χ2v) is 16.9. The van der Waals surface area contributed by atoms with E-state index in [0.717, 1.165) is 11.8 Å². The van der Waals surface area contributed by atoms with Gasteiger partial charge in [0.2, 0.25) is 13.2 Å². The molecule has 2 bridgehead atoms. The molecule has 0 spiro atoms. The van der Waals surface area contributed by atoms with Crippen molar-refractivity contribution in [2.45, 2.75) is 53.4 Å². The number of halogens is 1. The molecule has 6 N–H and O–H groups in total. The quantitative estimate of drug-likeness (QED) is 0.0931. The topological polar surface area (TPSA) is 260 Å². The van der Waals surface area contributed by atoms with E-state index in [2.05, 4.69) is 54.4 Å². The summed E-state index contributed by atoms with van der Waals surface area (Å²) in [6.07, 6.45) is -1.81. The Morgan fingerprint density at radius 1 is 1.23 bits per heavy atom. The van der Waals surface area contributed by atoms with Gasteiger partial charge in [-0.3, -0.25) is 28.0 Å². The molecule has 0 aromatic carbocycles. The second-order valence-electron chi connectivity index (χ2n) is 10.8. The van der Waals surface area contributed by atoms with Crippen molar-refractivity contribution in [3.05, 3.63) is 29.3 Å². The highest BCUT2D eigenvalue weighted by molar-refractivity contribution is 8.44. The van der Waals surface area contributed by atoms with E-state index in [0.29, 0.717) is 11.2 Å². The fourth-order valence-electron chi connectivity index (χ4n) is 6.00. The lowest BCUT2D eigenvalue weighted by atomic mass is 9.96. The van der Waals surface area contributed by atoms with E-state index in [1.54, 1.807) is 4.57 Å². The van der Waals surface area contributed by atoms with Gasteiger partial charge >= 0.3 is 6.80 Å². The van der Waals surface area contributed by atoms with Crippen LogP contribution in [0.15, 0.2) is 23.8 Å². The van der Waals surface area contributed by atoms with Crippen LogP contribution in [0.5, 0.6) is 0 Å². The molecule has 7 rings (SSSR count). The van der Waals surface area contributed by atoms with E-state index in [9.17, 15) is 19.0 Å². The van der Waals surface area contributed by atoms with E-state index >= 15 is 4.39 Å². The molecule has 0 amide bonds. The van der Waals surface area contributed by atoms with Crippen LogP contribution in [0.4, 0.5) is 16.2 Å². The van der Waals surface area contributed by atoms with Crippen LogP contribution < -0.4 is 17.0 Å². The highest BCUT2D eigenvalue weighted by Crippen LogP contribution is 2.60. The Balaban J connectivity index is 1.09. The Labute approximate surface area is 278 Å². The number of aliphatic hydroxyl groups is 1. The van der Waals surface area contributed by atoms with Crippen molar-refractivity contribution in [2.75, 3.05) is 31.3 Å². The average molecular weight is 753 g/mol. The van der Waals surface area contributed by atoms with Crippen LogP contribution in [-0.4, -0.2) is 99.3 Å². The van der Waals surface area contributed by atoms with Crippen molar-refractivity contribution in [3.8, 4) is 0 Å². The van der Waals surface area contributed by atoms with Crippen LogP contribution >= 0.6 is 50.3 Å². The van der Waals surface area contributed by atoms with Crippen LogP contribution in [0.2, 0.25) is 0 Å². The van der Waals surface area contributed by atoms with Gasteiger partial charge in [0.1, 0.15) is 47.3 Å². The molecule has 0 radical (unpaired) electrons. The van der Waals surface area contributed by atoms with E-state index in [1.165, 1.54) is 23.5 Å². The average Bonchev–Trinajstić information content (AvgIpc) is 3.82. The maximum absolute atomic E-state index is 15.6. The molecule has 4 aromatic heterocycles. The number of nitrogen functional groups attached to an aromatic ring is 2. The molecule has 7 heterocycles. The Morgan fingerprint density at radius 2 is 2.00 bits per heavy atom. The monoisotopic (exact) mass is 752 g/mol. The summed E-state index contributed by atoms with van der Waals surface area (Å²) in [6.45, 7) is -5.17. The molecule has 3 aliphatic heterocycles. The van der Waals surface area contributed by atoms with Crippen molar-refractivity contribution in [1.29, 1.82) is 0 Å². The normalized spacial score (nSPS) is 32.4. The third-order valence-electron chi connectivity index (χ3n) is 8.07. The number of alkyl halides is 1. The number of nitrogens with zero attached hydrogens (tertiary/aromatic N) is 7. The standard InChI is InChI=1S/C22H27FN10O9P2S3/c23-9-8(3-34)47-20(33-7-29-11-17(33)30-21(25)31-18(11)35)12(9)42-44(37,46)39-2-1-22-4-38-13(14(22)41-43(36)45)19(40-22)32-6-28-10-15(24)26-5-27-16(10)32/h5-9,12-14,19-20,34,43H,1-4H2,(H,36,45)(H,37,46)(H2,24,26,27)(H3,25,30,31,35)/t8-,9+,12-,13-,14+,19-,20-,22+,44?/m1/s1. The van der Waals surface area contributed by atoms with E-state index in [-0.39, 0.29) is 42.6 Å². The van der Waals surface area contributed by atoms with E-state index in [1.807, 2.05) is 0 Å². The van der Waals surface area contributed by atoms with Crippen molar-refractivity contribution in [1.82, 2.24) is 39.0 Å². The summed E-state index contributed by atoms with van der Waals surface area (Å²) in [5, 5.41) is 7.84. The molecular weight excluding hydrogens is 725 g/mol. The SMILES string of the molecule is Nc1nc2c(ncn2[C@@H]2S[C@H](CO)[C@H](F)[C@H]2OP(=O)(S)OCC[C@@]23CO[C@@H]([C@H](n4cnc5c(N)ncnc54)O2)[C@@H]3O[PH](=O)S)c(=O)[nH]1. The van der Waals surface area contributed by atoms with Crippen LogP contribution in [0.1, 0.15) is 18.0 Å². The lowest BCUT2D eigenvalue weighted by Crippen LogP contribution is -2.42. The number of rotatable bonds is 11. The number of aliphatic hydroxyl groups excluding tert-OH is 1. The van der Waals surface area contributed by atoms with Gasteiger partial charge in [-0.1, -0.05) is 24.5 Å². The van der Waals surface area contributed by atoms with Gasteiger partial charge in [-0.15, -0.1) is 11.8 Å². The van der Waals surface area contributed by atoms with Gasteiger partial charge in [0.25, 0.3) is 5.56 Å². The largest absolute Gasteiger partial charge is 0.395 e. The summed E-state index contributed by atoms with van der Waals surface area (Å²) in [6, 6.07) is 0. The van der Waals surface area contributed by atoms with E-state index in [4.69, 9.17) is 34.5 Å². The lowest BCUT2D eigenvalue weighted by Gasteiger charge is -2.32. The van der Waals surface area contributed by atoms with Crippen LogP contribution in [0.25, 0.3) is 22.3 Å². The molecule has 3 aliphatic rings. The predicted octanol–water partition coefficient (Wildman–Crippen LogP) is 1.27. The maximum atomic E-state index is 15.6. The van der Waals surface area contributed by atoms with Gasteiger partial charge in [0, 0.05) is 6.42 Å². The zero-order valence-corrected chi connectivity index (χ0v) is 28.2. The zero-order chi connectivity index (χ0) is 33.2. The molecule has 10 atom stereocenters. The summed E-state index contributed by atoms with van der Waals surface area (Å²) in [4.78, 5) is 35.2. The van der Waals surface area contributed by atoms with Crippen molar-refractivity contribution < 1.29 is 41.7 Å². The molecule has 0 saturated carbocycles. The first-order valence-corrected chi connectivity index (χ1v) is 20.1. The smallest absolute Gasteiger partial charge is 0.386 e. The minimum Gasteiger partial charge on any atom is -0.395 e. The second kappa shape index (κ2) is 12.5. The third kappa shape index (κ3) is 5.88. The lowest BCUT2D eigenvalue weighted by molar-refractivity contribution is -0.176. The summed E-state index contributed by atoms with van der Waals surface area (Å²) >= 11 is 9.02. The fourth-order valence-corrected chi connectivity index (χ4v) is 9.88. The van der Waals surface area contributed by atoms with Gasteiger partial charge in [0.15, 0.2) is 28.9 Å². The van der Waals surface area contributed by atoms with Gasteiger partial charge in [-0.2, -0.15) is 4.98 Å². The molecule has 25 heteroatoms. The van der Waals surface area contributed by atoms with Crippen molar-refractivity contribution >= 4 is 84.4 Å². The minimum absolute atomic E-state index is 0.00163. The molecule has 19 nitrogen and oxygen atoms in total. The minimum atomic E-state index is -4.31. The number of anilines is 2. The number of hydrogen-bond donors (Lipinski definition) is 6. The molecule has 0 aliphatic carbocycles. The maximum Gasteiger partial charge on any atom is 0.386 e. The number of imidazole rings is 2. The van der Waals surface area contributed by atoms with Crippen LogP contribution in [0, 0.1) is 0 Å². The number of thiol groups is 2. The van der Waals surface area contributed by atoms with E-state index < -0.39 is 73.1 Å². The third-order valence-corrected chi connectivity index (χ3v) is 12.0. The van der Waals surface area contributed by atoms with Gasteiger partial charge < -0.3 is 35.1 Å². The number of ether oxygens (including phenoxy) is 2. The Kier molecular flexibility index (Phi) is 8.86. The Morgan fingerprint density at radius 3 is 2.77 bits per heavy atom. The number of aromatic nitrogens is 8. The number of hydrogen-bond acceptors (Lipinski definition) is 17. The van der Waals surface area contributed by atoms with Crippen LogP contribution in [0.3, 0.4) is 0 Å². The van der Waals surface area contributed by atoms with Gasteiger partial charge in [-0.05, 0) is 0 Å². The first-order chi connectivity index (χ1) is 22.4. The molecule has 4 aromatic rings. The first-order valence-electron chi connectivity index (χ1n) is 13.8. The molecule has 3 saturated heterocycles. The van der Waals surface area contributed by atoms with Gasteiger partial charge in [0.05, 0.1) is 37.7 Å². The molecule has 254 valence electrons. The summed E-state index contributed by atoms with van der Waals surface area (Å²) in [5.41, 5.74) is 10.5. The zero-order valence-electron chi connectivity index (χ0n) is 23.7. The van der Waals surface area contributed by atoms with Gasteiger partial charge in [-0.25, -0.2) is 28.9 Å². The number of thioether (sulfide) groups is 1. The Hall–Kier alpha value is -2.30. The number of fused-ring (bicyclic) bond motifs is 4. The Bertz CT molecular complexity index is 1970. The number of H-pyrrole nitrogens is 1. The highest BCUT2D eigenvalue weighted by Gasteiger charge is 2.63. The summed E-state index contributed by atoms with van der Waals surface area (Å²) < 4.78 is 73.5. The molecule has 47 heavy (non-hydrogen) atoms. The molecule has 2 unspecified atom stereocenters. The predicted molar refractivity (Wildman–Crippen MR) is 172 cm³/mol. The van der Waals surface area contributed by atoms with Crippen molar-refractivity contribution in [3.63, 3.8) is 0 Å². The summed E-state index contributed by atoms with van der Waals surface area (Å²) in [7, 11) is -2.78. The molecule has 3 fully saturated rings. The van der Waals surface area contributed by atoms with Crippen LogP contribution in [-0.2, 0) is 32.2 Å². The first kappa shape index (κ1) is 33.2. The number of nitrogens with two attached hydrogens (primary N) is 2. The number of aromatic amines is 1. The van der Waals surface area contributed by atoms with Crippen molar-refractivity contribution in [2.24, 2.45) is 0 Å².